The summed E-state index contributed by atoms with van der Waals surface area (Å²) in [4.78, 5) is 14.1. The van der Waals surface area contributed by atoms with E-state index in [0.29, 0.717) is 5.92 Å². The average Bonchev–Trinajstić information content (AvgIpc) is 3.04. The third-order valence-corrected chi connectivity index (χ3v) is 5.87. The number of hydrogen-bond acceptors (Lipinski definition) is 4. The maximum atomic E-state index is 5.74. The lowest BCUT2D eigenvalue weighted by molar-refractivity contribution is 0.166. The molecule has 0 saturated carbocycles. The quantitative estimate of drug-likeness (QED) is 0.553. The first-order chi connectivity index (χ1) is 14.4. The first kappa shape index (κ1) is 22.3. The van der Waals surface area contributed by atoms with Gasteiger partial charge in [0.2, 0.25) is 5.89 Å². The van der Waals surface area contributed by atoms with Crippen molar-refractivity contribution in [3.05, 3.63) is 52.7 Å². The Morgan fingerprint density at radius 2 is 1.90 bits per heavy atom. The maximum Gasteiger partial charge on any atom is 0.208 e. The highest BCUT2D eigenvalue weighted by molar-refractivity contribution is 5.79. The van der Waals surface area contributed by atoms with Gasteiger partial charge >= 0.3 is 0 Å². The fourth-order valence-corrected chi connectivity index (χ4v) is 3.85. The van der Waals surface area contributed by atoms with Gasteiger partial charge in [0.25, 0.3) is 0 Å². The van der Waals surface area contributed by atoms with Crippen LogP contribution in [0.1, 0.15) is 48.2 Å². The van der Waals surface area contributed by atoms with Crippen LogP contribution in [-0.2, 0) is 13.1 Å². The van der Waals surface area contributed by atoms with Gasteiger partial charge < -0.3 is 14.6 Å². The van der Waals surface area contributed by atoms with Gasteiger partial charge in [0, 0.05) is 26.7 Å². The van der Waals surface area contributed by atoms with Gasteiger partial charge in [0.05, 0.1) is 12.2 Å². The molecular formula is C24H37N5O. The largest absolute Gasteiger partial charge is 0.444 e. The molecule has 1 aromatic carbocycles. The maximum absolute atomic E-state index is 5.74. The van der Waals surface area contributed by atoms with Gasteiger partial charge in [-0.2, -0.15) is 0 Å². The normalized spacial score (nSPS) is 16.1. The van der Waals surface area contributed by atoms with E-state index < -0.39 is 0 Å². The van der Waals surface area contributed by atoms with E-state index in [-0.39, 0.29) is 0 Å². The van der Waals surface area contributed by atoms with E-state index in [0.717, 1.165) is 62.6 Å². The van der Waals surface area contributed by atoms with Crippen molar-refractivity contribution in [1.82, 2.24) is 20.1 Å². The van der Waals surface area contributed by atoms with E-state index in [4.69, 9.17) is 9.41 Å². The average molecular weight is 412 g/mol. The number of likely N-dealkylation sites (tertiary alicyclic amines) is 1. The molecule has 0 amide bonds. The molecule has 1 aliphatic rings. The molecule has 1 aromatic heterocycles. The Morgan fingerprint density at radius 3 is 2.50 bits per heavy atom. The number of rotatable bonds is 7. The first-order valence-corrected chi connectivity index (χ1v) is 11.1. The SMILES string of the molecule is CCNC(=NCC1CCN(Cc2nc(C)c(C)o2)CC1)N(C)Cc1ccc(C)cc1. The number of oxazole rings is 1. The third kappa shape index (κ3) is 6.33. The number of piperidine rings is 1. The van der Waals surface area contributed by atoms with Crippen molar-refractivity contribution in [2.45, 2.75) is 53.6 Å². The number of hydrogen-bond donors (Lipinski definition) is 1. The summed E-state index contributed by atoms with van der Waals surface area (Å²) in [5.41, 5.74) is 3.60. The number of aliphatic imine (C=N–C) groups is 1. The zero-order valence-electron chi connectivity index (χ0n) is 19.2. The molecule has 0 aliphatic carbocycles. The summed E-state index contributed by atoms with van der Waals surface area (Å²) in [7, 11) is 2.12. The highest BCUT2D eigenvalue weighted by Gasteiger charge is 2.21. The lowest BCUT2D eigenvalue weighted by Gasteiger charge is -2.30. The summed E-state index contributed by atoms with van der Waals surface area (Å²) in [6.07, 6.45) is 2.34. The predicted octanol–water partition coefficient (Wildman–Crippen LogP) is 3.91. The molecule has 0 bridgehead atoms. The topological polar surface area (TPSA) is 56.9 Å². The van der Waals surface area contributed by atoms with E-state index in [9.17, 15) is 0 Å². The van der Waals surface area contributed by atoms with Crippen LogP contribution in [0.3, 0.4) is 0 Å². The van der Waals surface area contributed by atoms with E-state index in [2.05, 4.69) is 65.3 Å². The van der Waals surface area contributed by atoms with Gasteiger partial charge in [0.15, 0.2) is 5.96 Å². The van der Waals surface area contributed by atoms with E-state index in [1.165, 1.54) is 24.0 Å². The van der Waals surface area contributed by atoms with Crippen molar-refractivity contribution in [2.75, 3.05) is 33.2 Å². The van der Waals surface area contributed by atoms with E-state index >= 15 is 0 Å². The van der Waals surface area contributed by atoms with Gasteiger partial charge in [-0.1, -0.05) is 29.8 Å². The van der Waals surface area contributed by atoms with Crippen LogP contribution in [0.25, 0.3) is 0 Å². The predicted molar refractivity (Wildman–Crippen MR) is 123 cm³/mol. The van der Waals surface area contributed by atoms with Crippen LogP contribution in [0.5, 0.6) is 0 Å². The highest BCUT2D eigenvalue weighted by atomic mass is 16.4. The monoisotopic (exact) mass is 411 g/mol. The van der Waals surface area contributed by atoms with E-state index in [1.807, 2.05) is 13.8 Å². The molecule has 2 heterocycles. The van der Waals surface area contributed by atoms with Gasteiger partial charge in [0.1, 0.15) is 5.76 Å². The molecule has 0 unspecified atom stereocenters. The lowest BCUT2D eigenvalue weighted by Crippen LogP contribution is -2.39. The van der Waals surface area contributed by atoms with Crippen molar-refractivity contribution >= 4 is 5.96 Å². The molecule has 1 aliphatic heterocycles. The zero-order valence-corrected chi connectivity index (χ0v) is 19.2. The number of nitrogens with one attached hydrogen (secondary N) is 1. The lowest BCUT2D eigenvalue weighted by atomic mass is 9.97. The summed E-state index contributed by atoms with van der Waals surface area (Å²) in [5, 5.41) is 3.45. The summed E-state index contributed by atoms with van der Waals surface area (Å²) in [5.74, 6) is 3.40. The Morgan fingerprint density at radius 1 is 1.20 bits per heavy atom. The number of aromatic nitrogens is 1. The van der Waals surface area contributed by atoms with Crippen molar-refractivity contribution in [1.29, 1.82) is 0 Å². The summed E-state index contributed by atoms with van der Waals surface area (Å²) in [6, 6.07) is 8.73. The highest BCUT2D eigenvalue weighted by Crippen LogP contribution is 2.20. The first-order valence-electron chi connectivity index (χ1n) is 11.1. The summed E-state index contributed by atoms with van der Waals surface area (Å²) in [6.45, 7) is 13.8. The minimum Gasteiger partial charge on any atom is -0.444 e. The van der Waals surface area contributed by atoms with Gasteiger partial charge in [-0.3, -0.25) is 9.89 Å². The summed E-state index contributed by atoms with van der Waals surface area (Å²) >= 11 is 0. The van der Waals surface area contributed by atoms with Crippen LogP contribution in [-0.4, -0.2) is 54.0 Å². The van der Waals surface area contributed by atoms with Crippen molar-refractivity contribution in [3.8, 4) is 0 Å². The molecule has 6 nitrogen and oxygen atoms in total. The van der Waals surface area contributed by atoms with Crippen LogP contribution in [0, 0.1) is 26.7 Å². The number of benzene rings is 1. The molecule has 1 N–H and O–H groups in total. The molecular weight excluding hydrogens is 374 g/mol. The Labute approximate surface area is 181 Å². The fraction of sp³-hybridized carbons (Fsp3) is 0.583. The Balaban J connectivity index is 1.49. The molecule has 3 rings (SSSR count). The van der Waals surface area contributed by atoms with Crippen molar-refractivity contribution < 1.29 is 4.42 Å². The van der Waals surface area contributed by atoms with Crippen LogP contribution >= 0.6 is 0 Å². The van der Waals surface area contributed by atoms with Gasteiger partial charge in [-0.25, -0.2) is 4.98 Å². The van der Waals surface area contributed by atoms with Gasteiger partial charge in [-0.15, -0.1) is 0 Å². The fourth-order valence-electron chi connectivity index (χ4n) is 3.85. The van der Waals surface area contributed by atoms with Crippen LogP contribution in [0.15, 0.2) is 33.7 Å². The number of guanidine groups is 1. The van der Waals surface area contributed by atoms with Crippen LogP contribution in [0.2, 0.25) is 0 Å². The van der Waals surface area contributed by atoms with Crippen molar-refractivity contribution in [2.24, 2.45) is 10.9 Å². The molecule has 6 heteroatoms. The standard InChI is InChI=1S/C24H37N5O/c1-6-25-24(28(5)16-22-9-7-18(2)8-10-22)26-15-21-11-13-29(14-12-21)17-23-27-19(3)20(4)30-23/h7-10,21H,6,11-17H2,1-5H3,(H,25,26). The Bertz CT molecular complexity index is 799. The second-order valence-corrected chi connectivity index (χ2v) is 8.51. The smallest absolute Gasteiger partial charge is 0.208 e. The minimum atomic E-state index is 0.635. The molecule has 1 fully saturated rings. The molecule has 30 heavy (non-hydrogen) atoms. The van der Waals surface area contributed by atoms with Crippen LogP contribution < -0.4 is 5.32 Å². The second kappa shape index (κ2) is 10.6. The molecule has 1 saturated heterocycles. The summed E-state index contributed by atoms with van der Waals surface area (Å²) < 4.78 is 5.74. The minimum absolute atomic E-state index is 0.635. The number of aryl methyl sites for hydroxylation is 3. The van der Waals surface area contributed by atoms with Gasteiger partial charge in [-0.05, 0) is 65.1 Å². The molecule has 0 radical (unpaired) electrons. The Hall–Kier alpha value is -2.34. The van der Waals surface area contributed by atoms with Crippen LogP contribution in [0.4, 0.5) is 0 Å². The number of nitrogens with zero attached hydrogens (tertiary/aromatic N) is 4. The molecule has 2 aromatic rings. The second-order valence-electron chi connectivity index (χ2n) is 8.51. The molecule has 164 valence electrons. The van der Waals surface area contributed by atoms with Crippen molar-refractivity contribution in [3.63, 3.8) is 0 Å². The van der Waals surface area contributed by atoms with E-state index in [1.54, 1.807) is 0 Å². The molecule has 0 atom stereocenters. The third-order valence-electron chi connectivity index (χ3n) is 5.87. The zero-order chi connectivity index (χ0) is 21.5. The molecule has 0 spiro atoms. The Kier molecular flexibility index (Phi) is 7.91.